The SMILES string of the molecule is O=C(O)CC[C@@H](NC[C@@H](O)Cn1c2ccccc2c2ccccc21)C(=O)O. The molecule has 1 heterocycles. The number of benzene rings is 2. The normalized spacial score (nSPS) is 13.7. The van der Waals surface area contributed by atoms with Crippen LogP contribution in [-0.4, -0.2) is 50.5 Å². The molecule has 0 spiro atoms. The molecule has 2 aromatic carbocycles. The first-order chi connectivity index (χ1) is 13.0. The van der Waals surface area contributed by atoms with Crippen molar-refractivity contribution in [2.24, 2.45) is 0 Å². The number of aliphatic hydroxyl groups is 1. The number of nitrogens with zero attached hydrogens (tertiary/aromatic N) is 1. The Morgan fingerprint density at radius 3 is 2.04 bits per heavy atom. The fourth-order valence-corrected chi connectivity index (χ4v) is 3.33. The minimum absolute atomic E-state index is 0.0350. The van der Waals surface area contributed by atoms with Gasteiger partial charge in [-0.1, -0.05) is 36.4 Å². The first kappa shape index (κ1) is 18.9. The average Bonchev–Trinajstić information content (AvgIpc) is 2.95. The topological polar surface area (TPSA) is 112 Å². The molecule has 27 heavy (non-hydrogen) atoms. The number of aliphatic carboxylic acids is 2. The largest absolute Gasteiger partial charge is 0.481 e. The molecule has 3 rings (SSSR count). The number of rotatable bonds is 9. The van der Waals surface area contributed by atoms with E-state index in [-0.39, 0.29) is 19.4 Å². The van der Waals surface area contributed by atoms with Crippen LogP contribution in [0.1, 0.15) is 12.8 Å². The van der Waals surface area contributed by atoms with Gasteiger partial charge in [-0.25, -0.2) is 0 Å². The molecule has 0 unspecified atom stereocenters. The Hall–Kier alpha value is -2.90. The van der Waals surface area contributed by atoms with Gasteiger partial charge in [0.25, 0.3) is 0 Å². The Labute approximate surface area is 155 Å². The molecule has 142 valence electrons. The number of para-hydroxylation sites is 2. The molecule has 0 radical (unpaired) electrons. The lowest BCUT2D eigenvalue weighted by Gasteiger charge is -2.18. The van der Waals surface area contributed by atoms with Gasteiger partial charge in [-0.2, -0.15) is 0 Å². The molecule has 7 nitrogen and oxygen atoms in total. The van der Waals surface area contributed by atoms with Crippen molar-refractivity contribution in [2.45, 2.75) is 31.5 Å². The van der Waals surface area contributed by atoms with Gasteiger partial charge in [0.05, 0.1) is 12.6 Å². The first-order valence-electron chi connectivity index (χ1n) is 8.79. The van der Waals surface area contributed by atoms with Gasteiger partial charge in [0, 0.05) is 34.8 Å². The molecule has 0 fully saturated rings. The summed E-state index contributed by atoms with van der Waals surface area (Å²) < 4.78 is 2.02. The lowest BCUT2D eigenvalue weighted by molar-refractivity contribution is -0.140. The Morgan fingerprint density at radius 2 is 1.52 bits per heavy atom. The van der Waals surface area contributed by atoms with E-state index in [1.165, 1.54) is 0 Å². The number of fused-ring (bicyclic) bond motifs is 3. The number of carboxylic acid groups (broad SMARTS) is 2. The third kappa shape index (κ3) is 4.27. The zero-order chi connectivity index (χ0) is 19.4. The van der Waals surface area contributed by atoms with Gasteiger partial charge in [0.2, 0.25) is 0 Å². The molecule has 1 aromatic heterocycles. The monoisotopic (exact) mass is 370 g/mol. The first-order valence-corrected chi connectivity index (χ1v) is 8.79. The fourth-order valence-electron chi connectivity index (χ4n) is 3.33. The zero-order valence-corrected chi connectivity index (χ0v) is 14.7. The molecule has 0 saturated heterocycles. The van der Waals surface area contributed by atoms with Crippen molar-refractivity contribution >= 4 is 33.7 Å². The average molecular weight is 370 g/mol. The molecule has 3 aromatic rings. The second-order valence-electron chi connectivity index (χ2n) is 6.53. The second kappa shape index (κ2) is 8.20. The molecule has 2 atom stereocenters. The summed E-state index contributed by atoms with van der Waals surface area (Å²) in [5.74, 6) is -2.17. The summed E-state index contributed by atoms with van der Waals surface area (Å²) >= 11 is 0. The molecular weight excluding hydrogens is 348 g/mol. The van der Waals surface area contributed by atoms with Crippen LogP contribution in [-0.2, 0) is 16.1 Å². The van der Waals surface area contributed by atoms with Crippen molar-refractivity contribution in [1.82, 2.24) is 9.88 Å². The van der Waals surface area contributed by atoms with Gasteiger partial charge in [-0.05, 0) is 18.6 Å². The molecular formula is C20H22N2O5. The summed E-state index contributed by atoms with van der Waals surface area (Å²) in [6.07, 6.45) is -1.10. The van der Waals surface area contributed by atoms with E-state index in [4.69, 9.17) is 5.11 Å². The van der Waals surface area contributed by atoms with Crippen molar-refractivity contribution in [3.8, 4) is 0 Å². The predicted octanol–water partition coefficient (Wildman–Crippen LogP) is 2.06. The number of aromatic nitrogens is 1. The predicted molar refractivity (Wildman–Crippen MR) is 102 cm³/mol. The fraction of sp³-hybridized carbons (Fsp3) is 0.300. The van der Waals surface area contributed by atoms with Crippen LogP contribution < -0.4 is 5.32 Å². The minimum Gasteiger partial charge on any atom is -0.481 e. The molecule has 0 aliphatic rings. The maximum absolute atomic E-state index is 11.2. The van der Waals surface area contributed by atoms with Crippen molar-refractivity contribution < 1.29 is 24.9 Å². The van der Waals surface area contributed by atoms with Crippen LogP contribution in [0.2, 0.25) is 0 Å². The van der Waals surface area contributed by atoms with Crippen LogP contribution in [0, 0.1) is 0 Å². The van der Waals surface area contributed by atoms with Gasteiger partial charge < -0.3 is 25.2 Å². The Kier molecular flexibility index (Phi) is 5.73. The number of carbonyl (C=O) groups is 2. The third-order valence-corrected chi connectivity index (χ3v) is 4.62. The quantitative estimate of drug-likeness (QED) is 0.459. The lowest BCUT2D eigenvalue weighted by Crippen LogP contribution is -2.42. The summed E-state index contributed by atoms with van der Waals surface area (Å²) in [5.41, 5.74) is 2.00. The standard InChI is InChI=1S/C20H22N2O5/c23-13(11-21-16(20(26)27)9-10-19(24)25)12-22-17-7-3-1-5-14(17)15-6-2-4-8-18(15)22/h1-8,13,16,21,23H,9-12H2,(H,24,25)(H,26,27)/t13-,16-/m1/s1. The maximum atomic E-state index is 11.2. The van der Waals surface area contributed by atoms with Crippen LogP contribution >= 0.6 is 0 Å². The van der Waals surface area contributed by atoms with E-state index < -0.39 is 24.1 Å². The van der Waals surface area contributed by atoms with Crippen molar-refractivity contribution in [1.29, 1.82) is 0 Å². The van der Waals surface area contributed by atoms with E-state index in [0.29, 0.717) is 6.54 Å². The number of carboxylic acids is 2. The molecule has 0 aliphatic carbocycles. The van der Waals surface area contributed by atoms with Crippen molar-refractivity contribution in [3.05, 3.63) is 48.5 Å². The van der Waals surface area contributed by atoms with E-state index in [0.717, 1.165) is 21.8 Å². The zero-order valence-electron chi connectivity index (χ0n) is 14.7. The third-order valence-electron chi connectivity index (χ3n) is 4.62. The maximum Gasteiger partial charge on any atom is 0.320 e. The van der Waals surface area contributed by atoms with E-state index in [9.17, 15) is 19.8 Å². The Bertz CT molecular complexity index is 912. The molecule has 0 bridgehead atoms. The van der Waals surface area contributed by atoms with Crippen LogP contribution in [0.25, 0.3) is 21.8 Å². The molecule has 0 amide bonds. The number of hydrogen-bond acceptors (Lipinski definition) is 4. The van der Waals surface area contributed by atoms with Gasteiger partial charge in [0.1, 0.15) is 6.04 Å². The van der Waals surface area contributed by atoms with Gasteiger partial charge in [0.15, 0.2) is 0 Å². The summed E-state index contributed by atoms with van der Waals surface area (Å²) in [7, 11) is 0. The van der Waals surface area contributed by atoms with Gasteiger partial charge in [-0.15, -0.1) is 0 Å². The highest BCUT2D eigenvalue weighted by atomic mass is 16.4. The smallest absolute Gasteiger partial charge is 0.320 e. The minimum atomic E-state index is -1.12. The van der Waals surface area contributed by atoms with E-state index in [1.54, 1.807) is 0 Å². The van der Waals surface area contributed by atoms with E-state index in [1.807, 2.05) is 53.1 Å². The van der Waals surface area contributed by atoms with Gasteiger partial charge in [-0.3, -0.25) is 9.59 Å². The highest BCUT2D eigenvalue weighted by Gasteiger charge is 2.20. The number of nitrogens with one attached hydrogen (secondary N) is 1. The van der Waals surface area contributed by atoms with Crippen LogP contribution in [0.4, 0.5) is 0 Å². The molecule has 0 aliphatic heterocycles. The van der Waals surface area contributed by atoms with Crippen LogP contribution in [0.3, 0.4) is 0 Å². The lowest BCUT2D eigenvalue weighted by atomic mass is 10.1. The molecule has 7 heteroatoms. The summed E-state index contributed by atoms with van der Waals surface area (Å²) in [6.45, 7) is 0.351. The van der Waals surface area contributed by atoms with Crippen molar-refractivity contribution in [2.75, 3.05) is 6.54 Å². The second-order valence-corrected chi connectivity index (χ2v) is 6.53. The van der Waals surface area contributed by atoms with Crippen LogP contribution in [0.15, 0.2) is 48.5 Å². The van der Waals surface area contributed by atoms with Crippen LogP contribution in [0.5, 0.6) is 0 Å². The highest BCUT2D eigenvalue weighted by Crippen LogP contribution is 2.28. The highest BCUT2D eigenvalue weighted by molar-refractivity contribution is 6.07. The Balaban J connectivity index is 1.74. The summed E-state index contributed by atoms with van der Waals surface area (Å²) in [6, 6.07) is 14.9. The van der Waals surface area contributed by atoms with E-state index >= 15 is 0 Å². The van der Waals surface area contributed by atoms with Gasteiger partial charge >= 0.3 is 11.9 Å². The number of aliphatic hydroxyl groups excluding tert-OH is 1. The molecule has 0 saturated carbocycles. The van der Waals surface area contributed by atoms with E-state index in [2.05, 4.69) is 5.32 Å². The Morgan fingerprint density at radius 1 is 0.963 bits per heavy atom. The summed E-state index contributed by atoms with van der Waals surface area (Å²) in [5, 5.41) is 33.3. The summed E-state index contributed by atoms with van der Waals surface area (Å²) in [4.78, 5) is 21.9. The van der Waals surface area contributed by atoms with Crippen molar-refractivity contribution in [3.63, 3.8) is 0 Å². The number of hydrogen-bond donors (Lipinski definition) is 4. The molecule has 4 N–H and O–H groups in total.